The molecule has 2 rings (SSSR count). The predicted octanol–water partition coefficient (Wildman–Crippen LogP) is 2.26. The van der Waals surface area contributed by atoms with Crippen LogP contribution in [0.4, 0.5) is 14.5 Å². The number of nitro groups is 1. The highest BCUT2D eigenvalue weighted by molar-refractivity contribution is 7.07. The lowest BCUT2D eigenvalue weighted by molar-refractivity contribution is -0.387. The molecule has 0 saturated carbocycles. The molecule has 0 atom stereocenters. The molecule has 6 nitrogen and oxygen atoms in total. The fourth-order valence-electron chi connectivity index (χ4n) is 1.47. The van der Waals surface area contributed by atoms with Crippen molar-refractivity contribution in [3.05, 3.63) is 56.0 Å². The number of hydrogen-bond donors (Lipinski definition) is 1. The molecule has 1 aromatic carbocycles. The van der Waals surface area contributed by atoms with Crippen molar-refractivity contribution in [2.45, 2.75) is 6.54 Å². The normalized spacial score (nSPS) is 10.3. The number of amides is 1. The average Bonchev–Trinajstić information content (AvgIpc) is 2.89. The minimum absolute atomic E-state index is 0.0239. The summed E-state index contributed by atoms with van der Waals surface area (Å²) in [7, 11) is 0. The Balaban J connectivity index is 2.25. The third kappa shape index (κ3) is 2.77. The van der Waals surface area contributed by atoms with Gasteiger partial charge in [0.05, 0.1) is 22.7 Å². The van der Waals surface area contributed by atoms with Crippen LogP contribution in [-0.2, 0) is 6.54 Å². The molecule has 1 heterocycles. The smallest absolute Gasteiger partial charge is 0.305 e. The minimum atomic E-state index is -1.49. The monoisotopic (exact) mass is 299 g/mol. The lowest BCUT2D eigenvalue weighted by Gasteiger charge is -2.06. The van der Waals surface area contributed by atoms with Gasteiger partial charge < -0.3 is 5.32 Å². The van der Waals surface area contributed by atoms with Crippen molar-refractivity contribution in [2.75, 3.05) is 0 Å². The van der Waals surface area contributed by atoms with E-state index in [1.165, 1.54) is 16.8 Å². The molecule has 0 bridgehead atoms. The summed E-state index contributed by atoms with van der Waals surface area (Å²) >= 11 is 1.30. The Morgan fingerprint density at radius 1 is 1.45 bits per heavy atom. The van der Waals surface area contributed by atoms with Crippen molar-refractivity contribution in [3.8, 4) is 0 Å². The summed E-state index contributed by atoms with van der Waals surface area (Å²) in [6.45, 7) is -0.0239. The highest BCUT2D eigenvalue weighted by Gasteiger charge is 2.26. The number of nitro benzene ring substituents is 1. The summed E-state index contributed by atoms with van der Waals surface area (Å²) in [5.74, 6) is -3.73. The molecule has 20 heavy (non-hydrogen) atoms. The van der Waals surface area contributed by atoms with Crippen LogP contribution < -0.4 is 5.32 Å². The van der Waals surface area contributed by atoms with E-state index < -0.39 is 33.7 Å². The fraction of sp³-hybridized carbons (Fsp3) is 0.0909. The van der Waals surface area contributed by atoms with E-state index in [1.807, 2.05) is 0 Å². The lowest BCUT2D eigenvalue weighted by Crippen LogP contribution is -2.25. The van der Waals surface area contributed by atoms with Gasteiger partial charge >= 0.3 is 5.69 Å². The second-order valence-electron chi connectivity index (χ2n) is 3.68. The maximum Gasteiger partial charge on any atom is 0.305 e. The Bertz CT molecular complexity index is 661. The van der Waals surface area contributed by atoms with Crippen molar-refractivity contribution < 1.29 is 18.5 Å². The van der Waals surface area contributed by atoms with Crippen molar-refractivity contribution >= 4 is 22.9 Å². The summed E-state index contributed by atoms with van der Waals surface area (Å²) in [6.07, 6.45) is 0. The van der Waals surface area contributed by atoms with Gasteiger partial charge in [0.15, 0.2) is 0 Å². The number of halogens is 2. The highest BCUT2D eigenvalue weighted by atomic mass is 32.1. The van der Waals surface area contributed by atoms with Gasteiger partial charge in [-0.05, 0) is 6.07 Å². The number of benzene rings is 1. The first-order chi connectivity index (χ1) is 9.50. The Labute approximate surface area is 115 Å². The Kier molecular flexibility index (Phi) is 3.99. The van der Waals surface area contributed by atoms with Gasteiger partial charge in [-0.1, -0.05) is 0 Å². The van der Waals surface area contributed by atoms with Crippen molar-refractivity contribution in [2.24, 2.45) is 0 Å². The van der Waals surface area contributed by atoms with E-state index in [0.29, 0.717) is 17.8 Å². The summed E-state index contributed by atoms with van der Waals surface area (Å²) in [6, 6.07) is 1.35. The molecule has 1 N–H and O–H groups in total. The fourth-order valence-corrected chi connectivity index (χ4v) is 2.03. The van der Waals surface area contributed by atoms with E-state index >= 15 is 0 Å². The Morgan fingerprint density at radius 3 is 2.80 bits per heavy atom. The van der Waals surface area contributed by atoms with Gasteiger partial charge in [0, 0.05) is 11.4 Å². The van der Waals surface area contributed by atoms with Crippen molar-refractivity contribution in [3.63, 3.8) is 0 Å². The van der Waals surface area contributed by atoms with Crippen LogP contribution in [0, 0.1) is 21.7 Å². The zero-order valence-corrected chi connectivity index (χ0v) is 10.6. The van der Waals surface area contributed by atoms with Crippen LogP contribution in [0.1, 0.15) is 16.1 Å². The van der Waals surface area contributed by atoms with Crippen LogP contribution in [0.5, 0.6) is 0 Å². The third-order valence-electron chi connectivity index (χ3n) is 2.41. The molecular formula is C11H7F2N3O3S. The molecule has 1 aromatic heterocycles. The largest absolute Gasteiger partial charge is 0.346 e. The maximum atomic E-state index is 13.7. The summed E-state index contributed by atoms with van der Waals surface area (Å²) in [4.78, 5) is 25.1. The van der Waals surface area contributed by atoms with Crippen molar-refractivity contribution in [1.82, 2.24) is 10.3 Å². The molecule has 9 heteroatoms. The maximum absolute atomic E-state index is 13.7. The van der Waals surface area contributed by atoms with E-state index in [1.54, 1.807) is 5.38 Å². The van der Waals surface area contributed by atoms with Gasteiger partial charge in [-0.3, -0.25) is 14.9 Å². The minimum Gasteiger partial charge on any atom is -0.346 e. The number of carbonyl (C=O) groups is 1. The molecule has 0 saturated heterocycles. The number of nitrogens with zero attached hydrogens (tertiary/aromatic N) is 2. The average molecular weight is 299 g/mol. The van der Waals surface area contributed by atoms with Gasteiger partial charge in [-0.2, -0.15) is 4.39 Å². The summed E-state index contributed by atoms with van der Waals surface area (Å²) in [5.41, 5.74) is 0.130. The molecule has 0 aliphatic rings. The SMILES string of the molecule is O=C(NCc1cscn1)c1c(F)ccc([N+](=O)[O-])c1F. The number of nitrogens with one attached hydrogen (secondary N) is 1. The number of hydrogen-bond acceptors (Lipinski definition) is 5. The van der Waals surface area contributed by atoms with E-state index in [2.05, 4.69) is 10.3 Å². The van der Waals surface area contributed by atoms with Crippen LogP contribution in [-0.4, -0.2) is 15.8 Å². The number of carbonyl (C=O) groups excluding carboxylic acids is 1. The van der Waals surface area contributed by atoms with E-state index in [0.717, 1.165) is 0 Å². The van der Waals surface area contributed by atoms with Crippen molar-refractivity contribution in [1.29, 1.82) is 0 Å². The quantitative estimate of drug-likeness (QED) is 0.693. The van der Waals surface area contributed by atoms with Gasteiger partial charge in [-0.25, -0.2) is 9.37 Å². The van der Waals surface area contributed by atoms with Gasteiger partial charge in [-0.15, -0.1) is 11.3 Å². The van der Waals surface area contributed by atoms with E-state index in [-0.39, 0.29) is 6.54 Å². The van der Waals surface area contributed by atoms with Crippen LogP contribution in [0.25, 0.3) is 0 Å². The second-order valence-corrected chi connectivity index (χ2v) is 4.39. The van der Waals surface area contributed by atoms with Crippen LogP contribution >= 0.6 is 11.3 Å². The van der Waals surface area contributed by atoms with Crippen LogP contribution in [0.2, 0.25) is 0 Å². The highest BCUT2D eigenvalue weighted by Crippen LogP contribution is 2.23. The third-order valence-corrected chi connectivity index (χ3v) is 3.04. The lowest BCUT2D eigenvalue weighted by atomic mass is 10.1. The second kappa shape index (κ2) is 5.70. The van der Waals surface area contributed by atoms with Gasteiger partial charge in [0.2, 0.25) is 5.82 Å². The Morgan fingerprint density at radius 2 is 2.20 bits per heavy atom. The number of aromatic nitrogens is 1. The van der Waals surface area contributed by atoms with Gasteiger partial charge in [0.1, 0.15) is 11.4 Å². The molecule has 0 aliphatic heterocycles. The summed E-state index contributed by atoms with van der Waals surface area (Å²) < 4.78 is 27.2. The zero-order chi connectivity index (χ0) is 14.7. The van der Waals surface area contributed by atoms with E-state index in [4.69, 9.17) is 0 Å². The molecule has 0 spiro atoms. The molecule has 1 amide bonds. The van der Waals surface area contributed by atoms with Gasteiger partial charge in [0.25, 0.3) is 5.91 Å². The first-order valence-corrected chi connectivity index (χ1v) is 6.22. The molecule has 0 unspecified atom stereocenters. The first-order valence-electron chi connectivity index (χ1n) is 5.28. The van der Waals surface area contributed by atoms with Crippen LogP contribution in [0.15, 0.2) is 23.0 Å². The standard InChI is InChI=1S/C11H7F2N3O3S/c12-7-1-2-8(16(18)19)10(13)9(7)11(17)14-3-6-4-20-5-15-6/h1-2,4-5H,3H2,(H,14,17). The molecule has 0 aliphatic carbocycles. The number of rotatable bonds is 4. The molecule has 0 fully saturated rings. The topological polar surface area (TPSA) is 85.1 Å². The number of thiazole rings is 1. The van der Waals surface area contributed by atoms with E-state index in [9.17, 15) is 23.7 Å². The summed E-state index contributed by atoms with van der Waals surface area (Å²) in [5, 5.41) is 14.5. The Hall–Kier alpha value is -2.42. The molecule has 104 valence electrons. The molecule has 2 aromatic rings. The first kappa shape index (κ1) is 14.0. The molecular weight excluding hydrogens is 292 g/mol. The predicted molar refractivity (Wildman–Crippen MR) is 66.3 cm³/mol. The molecule has 0 radical (unpaired) electrons. The van der Waals surface area contributed by atoms with Crippen LogP contribution in [0.3, 0.4) is 0 Å². The zero-order valence-electron chi connectivity index (χ0n) is 9.80.